The van der Waals surface area contributed by atoms with Gasteiger partial charge in [0.2, 0.25) is 0 Å². The third-order valence-corrected chi connectivity index (χ3v) is 2.92. The van der Waals surface area contributed by atoms with Crippen LogP contribution < -0.4 is 0 Å². The quantitative estimate of drug-likeness (QED) is 0.736. The summed E-state index contributed by atoms with van der Waals surface area (Å²) < 4.78 is 5.47. The summed E-state index contributed by atoms with van der Waals surface area (Å²) in [6, 6.07) is 7.02. The van der Waals surface area contributed by atoms with E-state index in [0.29, 0.717) is 16.5 Å². The van der Waals surface area contributed by atoms with Crippen molar-refractivity contribution in [2.45, 2.75) is 26.9 Å². The van der Waals surface area contributed by atoms with Crippen LogP contribution in [-0.2, 0) is 4.74 Å². The van der Waals surface area contributed by atoms with Crippen LogP contribution in [0, 0.1) is 5.92 Å². The molecule has 16 heavy (non-hydrogen) atoms. The van der Waals surface area contributed by atoms with Crippen LogP contribution in [0.1, 0.15) is 31.1 Å². The third-order valence-electron chi connectivity index (χ3n) is 2.59. The Morgan fingerprint density at radius 1 is 1.31 bits per heavy atom. The largest absolute Gasteiger partial charge is 0.370 e. The van der Waals surface area contributed by atoms with E-state index in [1.54, 1.807) is 24.3 Å². The van der Waals surface area contributed by atoms with Gasteiger partial charge in [0.15, 0.2) is 5.78 Å². The lowest BCUT2D eigenvalue weighted by molar-refractivity contribution is 0.0336. The Hall–Kier alpha value is -0.860. The average molecular weight is 241 g/mol. The highest BCUT2D eigenvalue weighted by Crippen LogP contribution is 2.16. The van der Waals surface area contributed by atoms with Gasteiger partial charge in [0.05, 0.1) is 11.1 Å². The zero-order valence-electron chi connectivity index (χ0n) is 9.87. The van der Waals surface area contributed by atoms with Crippen molar-refractivity contribution in [1.29, 1.82) is 0 Å². The highest BCUT2D eigenvalue weighted by Gasteiger charge is 2.13. The summed E-state index contributed by atoms with van der Waals surface area (Å²) in [5.74, 6) is 0.331. The Morgan fingerprint density at radius 2 is 1.94 bits per heavy atom. The number of carbonyl (C=O) groups is 1. The molecular weight excluding hydrogens is 224 g/mol. The van der Waals surface area contributed by atoms with E-state index >= 15 is 0 Å². The van der Waals surface area contributed by atoms with E-state index in [2.05, 4.69) is 13.8 Å². The standard InChI is InChI=1S/C13H17ClO2/c1-9(2)10(3)16-8-13(15)11-6-4-5-7-12(11)14/h4-7,9-10H,8H2,1-3H3. The summed E-state index contributed by atoms with van der Waals surface area (Å²) >= 11 is 5.92. The molecule has 0 radical (unpaired) electrons. The fraction of sp³-hybridized carbons (Fsp3) is 0.462. The van der Waals surface area contributed by atoms with Crippen molar-refractivity contribution in [1.82, 2.24) is 0 Å². The number of rotatable bonds is 5. The number of Topliss-reactive ketones (excluding diaryl/α,β-unsaturated/α-hetero) is 1. The average Bonchev–Trinajstić information content (AvgIpc) is 2.25. The second-order valence-electron chi connectivity index (χ2n) is 4.16. The van der Waals surface area contributed by atoms with Gasteiger partial charge in [-0.15, -0.1) is 0 Å². The van der Waals surface area contributed by atoms with Crippen LogP contribution >= 0.6 is 11.6 Å². The molecule has 0 heterocycles. The molecule has 1 unspecified atom stereocenters. The molecule has 0 spiro atoms. The summed E-state index contributed by atoms with van der Waals surface area (Å²) in [5, 5.41) is 0.480. The van der Waals surface area contributed by atoms with Crippen molar-refractivity contribution in [2.75, 3.05) is 6.61 Å². The predicted octanol–water partition coefficient (Wildman–Crippen LogP) is 3.58. The van der Waals surface area contributed by atoms with Gasteiger partial charge in [0.1, 0.15) is 6.61 Å². The molecule has 0 aliphatic heterocycles. The highest BCUT2D eigenvalue weighted by atomic mass is 35.5. The third kappa shape index (κ3) is 3.62. The number of benzene rings is 1. The topological polar surface area (TPSA) is 26.3 Å². The maximum absolute atomic E-state index is 11.8. The van der Waals surface area contributed by atoms with E-state index in [-0.39, 0.29) is 18.5 Å². The zero-order valence-corrected chi connectivity index (χ0v) is 10.6. The van der Waals surface area contributed by atoms with Gasteiger partial charge in [-0.3, -0.25) is 4.79 Å². The summed E-state index contributed by atoms with van der Waals surface area (Å²) in [7, 11) is 0. The van der Waals surface area contributed by atoms with Gasteiger partial charge >= 0.3 is 0 Å². The molecule has 0 bridgehead atoms. The van der Waals surface area contributed by atoms with E-state index in [4.69, 9.17) is 16.3 Å². The maximum Gasteiger partial charge on any atom is 0.189 e. The second-order valence-corrected chi connectivity index (χ2v) is 4.57. The van der Waals surface area contributed by atoms with Crippen molar-refractivity contribution >= 4 is 17.4 Å². The lowest BCUT2D eigenvalue weighted by Gasteiger charge is -2.16. The van der Waals surface area contributed by atoms with Crippen LogP contribution in [-0.4, -0.2) is 18.5 Å². The van der Waals surface area contributed by atoms with Gasteiger partial charge in [0.25, 0.3) is 0 Å². The number of hydrogen-bond acceptors (Lipinski definition) is 2. The summed E-state index contributed by atoms with van der Waals surface area (Å²) in [6.45, 7) is 6.17. The molecular formula is C13H17ClO2. The minimum absolute atomic E-state index is 0.0712. The van der Waals surface area contributed by atoms with E-state index in [1.807, 2.05) is 6.92 Å². The van der Waals surface area contributed by atoms with Gasteiger partial charge in [-0.25, -0.2) is 0 Å². The van der Waals surface area contributed by atoms with Crippen molar-refractivity contribution in [2.24, 2.45) is 5.92 Å². The summed E-state index contributed by atoms with van der Waals surface area (Å²) in [4.78, 5) is 11.8. The summed E-state index contributed by atoms with van der Waals surface area (Å²) in [5.41, 5.74) is 0.528. The summed E-state index contributed by atoms with van der Waals surface area (Å²) in [6.07, 6.45) is 0.0754. The molecule has 1 aromatic rings. The first-order chi connectivity index (χ1) is 7.52. The smallest absolute Gasteiger partial charge is 0.189 e. The maximum atomic E-state index is 11.8. The van der Waals surface area contributed by atoms with Crippen molar-refractivity contribution in [3.63, 3.8) is 0 Å². The minimum Gasteiger partial charge on any atom is -0.370 e. The minimum atomic E-state index is -0.0712. The van der Waals surface area contributed by atoms with Crippen LogP contribution in [0.3, 0.4) is 0 Å². The Morgan fingerprint density at radius 3 is 2.50 bits per heavy atom. The van der Waals surface area contributed by atoms with Crippen molar-refractivity contribution < 1.29 is 9.53 Å². The fourth-order valence-electron chi connectivity index (χ4n) is 1.16. The second kappa shape index (κ2) is 6.02. The molecule has 2 nitrogen and oxygen atoms in total. The predicted molar refractivity (Wildman–Crippen MR) is 66.0 cm³/mol. The molecule has 1 aromatic carbocycles. The lowest BCUT2D eigenvalue weighted by atomic mass is 10.1. The SMILES string of the molecule is CC(C)C(C)OCC(=O)c1ccccc1Cl. The van der Waals surface area contributed by atoms with Crippen LogP contribution in [0.25, 0.3) is 0 Å². The van der Waals surface area contributed by atoms with E-state index in [9.17, 15) is 4.79 Å². The molecule has 0 N–H and O–H groups in total. The van der Waals surface area contributed by atoms with Gasteiger partial charge in [-0.2, -0.15) is 0 Å². The molecule has 0 saturated heterocycles. The number of ketones is 1. The van der Waals surface area contributed by atoms with Crippen LogP contribution in [0.2, 0.25) is 5.02 Å². The molecule has 1 atom stereocenters. The van der Waals surface area contributed by atoms with E-state index in [0.717, 1.165) is 0 Å². The first-order valence-electron chi connectivity index (χ1n) is 5.41. The van der Waals surface area contributed by atoms with Crippen LogP contribution in [0.5, 0.6) is 0 Å². The lowest BCUT2D eigenvalue weighted by Crippen LogP contribution is -2.20. The fourth-order valence-corrected chi connectivity index (χ4v) is 1.41. The Labute approximate surface area is 102 Å². The van der Waals surface area contributed by atoms with E-state index in [1.165, 1.54) is 0 Å². The molecule has 88 valence electrons. The van der Waals surface area contributed by atoms with E-state index < -0.39 is 0 Å². The van der Waals surface area contributed by atoms with Crippen molar-refractivity contribution in [3.05, 3.63) is 34.9 Å². The molecule has 1 rings (SSSR count). The Bertz CT molecular complexity index is 361. The van der Waals surface area contributed by atoms with Gasteiger partial charge in [-0.05, 0) is 25.0 Å². The number of ether oxygens (including phenoxy) is 1. The Kier molecular flexibility index (Phi) is 4.97. The van der Waals surface area contributed by atoms with Crippen LogP contribution in [0.15, 0.2) is 24.3 Å². The monoisotopic (exact) mass is 240 g/mol. The number of carbonyl (C=O) groups excluding carboxylic acids is 1. The van der Waals surface area contributed by atoms with Gasteiger partial charge in [-0.1, -0.05) is 37.6 Å². The highest BCUT2D eigenvalue weighted by molar-refractivity contribution is 6.34. The molecule has 0 aromatic heterocycles. The van der Waals surface area contributed by atoms with Gasteiger partial charge in [0, 0.05) is 5.56 Å². The zero-order chi connectivity index (χ0) is 12.1. The number of hydrogen-bond donors (Lipinski definition) is 0. The molecule has 0 aliphatic rings. The molecule has 0 amide bonds. The van der Waals surface area contributed by atoms with Crippen molar-refractivity contribution in [3.8, 4) is 0 Å². The molecule has 0 fully saturated rings. The van der Waals surface area contributed by atoms with Gasteiger partial charge < -0.3 is 4.74 Å². The first-order valence-corrected chi connectivity index (χ1v) is 5.79. The molecule has 3 heteroatoms. The molecule has 0 saturated carbocycles. The Balaban J connectivity index is 2.57. The first kappa shape index (κ1) is 13.2. The number of halogens is 1. The molecule has 0 aliphatic carbocycles. The van der Waals surface area contributed by atoms with Crippen LogP contribution in [0.4, 0.5) is 0 Å². The normalized spacial score (nSPS) is 12.8.